The SMILES string of the molecule is O=C(Nc1nnc(C2CCCN2)o1)c1ccc(I)c(O)c1. The quantitative estimate of drug-likeness (QED) is 0.683. The van der Waals surface area contributed by atoms with E-state index in [4.69, 9.17) is 4.42 Å². The van der Waals surface area contributed by atoms with Crippen LogP contribution in [0.15, 0.2) is 22.6 Å². The second kappa shape index (κ2) is 5.98. The third-order valence-corrected chi connectivity index (χ3v) is 4.14. The van der Waals surface area contributed by atoms with Crippen LogP contribution in [0.2, 0.25) is 0 Å². The summed E-state index contributed by atoms with van der Waals surface area (Å²) in [5.74, 6) is 0.133. The maximum Gasteiger partial charge on any atom is 0.322 e. The number of carbonyl (C=O) groups is 1. The number of halogens is 1. The van der Waals surface area contributed by atoms with Crippen LogP contribution in [0.25, 0.3) is 0 Å². The third-order valence-electron chi connectivity index (χ3n) is 3.23. The molecule has 3 N–H and O–H groups in total. The van der Waals surface area contributed by atoms with Gasteiger partial charge in [-0.2, -0.15) is 0 Å². The van der Waals surface area contributed by atoms with E-state index in [9.17, 15) is 9.90 Å². The van der Waals surface area contributed by atoms with Crippen LogP contribution in [0.3, 0.4) is 0 Å². The van der Waals surface area contributed by atoms with Gasteiger partial charge in [0.25, 0.3) is 5.91 Å². The number of amides is 1. The lowest BCUT2D eigenvalue weighted by molar-refractivity contribution is 0.102. The van der Waals surface area contributed by atoms with Gasteiger partial charge in [-0.1, -0.05) is 5.10 Å². The second-order valence-electron chi connectivity index (χ2n) is 4.71. The van der Waals surface area contributed by atoms with Crippen LogP contribution in [0.4, 0.5) is 6.01 Å². The number of hydrogen-bond donors (Lipinski definition) is 3. The molecule has 1 unspecified atom stereocenters. The van der Waals surface area contributed by atoms with Crippen molar-refractivity contribution in [2.24, 2.45) is 0 Å². The van der Waals surface area contributed by atoms with Crippen molar-refractivity contribution in [1.29, 1.82) is 0 Å². The van der Waals surface area contributed by atoms with Gasteiger partial charge in [-0.25, -0.2) is 0 Å². The number of nitrogens with one attached hydrogen (secondary N) is 2. The molecule has 110 valence electrons. The number of phenolic OH excluding ortho intramolecular Hbond substituents is 1. The number of aromatic nitrogens is 2. The van der Waals surface area contributed by atoms with Crippen LogP contribution >= 0.6 is 22.6 Å². The van der Waals surface area contributed by atoms with Gasteiger partial charge in [-0.3, -0.25) is 10.1 Å². The predicted octanol–water partition coefficient (Wildman–Crippen LogP) is 2.06. The fraction of sp³-hybridized carbons (Fsp3) is 0.308. The van der Waals surface area contributed by atoms with Crippen molar-refractivity contribution in [3.63, 3.8) is 0 Å². The molecule has 1 aromatic carbocycles. The third kappa shape index (κ3) is 3.16. The number of rotatable bonds is 3. The van der Waals surface area contributed by atoms with E-state index in [2.05, 4.69) is 20.8 Å². The molecule has 2 heterocycles. The summed E-state index contributed by atoms with van der Waals surface area (Å²) in [5, 5.41) is 23.1. The fourth-order valence-corrected chi connectivity index (χ4v) is 2.48. The Morgan fingerprint density at radius 3 is 3.05 bits per heavy atom. The summed E-state index contributed by atoms with van der Waals surface area (Å²) in [7, 11) is 0. The number of carbonyl (C=O) groups excluding carboxylic acids is 1. The highest BCUT2D eigenvalue weighted by atomic mass is 127. The van der Waals surface area contributed by atoms with Crippen molar-refractivity contribution in [1.82, 2.24) is 15.5 Å². The molecule has 2 aromatic rings. The average Bonchev–Trinajstić information content (AvgIpc) is 3.12. The highest BCUT2D eigenvalue weighted by Gasteiger charge is 2.22. The summed E-state index contributed by atoms with van der Waals surface area (Å²) in [6, 6.07) is 4.79. The minimum Gasteiger partial charge on any atom is -0.507 e. The second-order valence-corrected chi connectivity index (χ2v) is 5.88. The molecular formula is C13H13IN4O3. The van der Waals surface area contributed by atoms with E-state index in [-0.39, 0.29) is 17.8 Å². The van der Waals surface area contributed by atoms with Crippen molar-refractivity contribution in [3.8, 4) is 5.75 Å². The zero-order chi connectivity index (χ0) is 14.8. The van der Waals surface area contributed by atoms with Crippen LogP contribution in [-0.2, 0) is 0 Å². The Kier molecular flexibility index (Phi) is 4.06. The molecule has 1 fully saturated rings. The number of nitrogens with zero attached hydrogens (tertiary/aromatic N) is 2. The van der Waals surface area contributed by atoms with Crippen LogP contribution in [0, 0.1) is 3.57 Å². The van der Waals surface area contributed by atoms with Crippen molar-refractivity contribution >= 4 is 34.5 Å². The number of hydrogen-bond acceptors (Lipinski definition) is 6. The normalized spacial score (nSPS) is 17.9. The molecule has 0 aliphatic carbocycles. The molecule has 1 saturated heterocycles. The molecule has 7 nitrogen and oxygen atoms in total. The van der Waals surface area contributed by atoms with Crippen LogP contribution < -0.4 is 10.6 Å². The minimum atomic E-state index is -0.406. The molecule has 1 amide bonds. The molecule has 8 heteroatoms. The standard InChI is InChI=1S/C13H13IN4O3/c14-8-4-3-7(6-10(8)19)11(20)16-13-18-17-12(21-13)9-2-1-5-15-9/h3-4,6,9,15,19H,1-2,5H2,(H,16,18,20). The highest BCUT2D eigenvalue weighted by molar-refractivity contribution is 14.1. The molecule has 0 radical (unpaired) electrons. The van der Waals surface area contributed by atoms with E-state index in [0.29, 0.717) is 15.0 Å². The Hall–Kier alpha value is -1.68. The first-order chi connectivity index (χ1) is 10.1. The van der Waals surface area contributed by atoms with Gasteiger partial charge >= 0.3 is 6.01 Å². The van der Waals surface area contributed by atoms with Crippen molar-refractivity contribution < 1.29 is 14.3 Å². The summed E-state index contributed by atoms with van der Waals surface area (Å²) >= 11 is 1.98. The van der Waals surface area contributed by atoms with Gasteiger partial charge in [0.15, 0.2) is 0 Å². The number of anilines is 1. The smallest absolute Gasteiger partial charge is 0.322 e. The van der Waals surface area contributed by atoms with Crippen molar-refractivity contribution in [2.45, 2.75) is 18.9 Å². The van der Waals surface area contributed by atoms with Gasteiger partial charge in [0.2, 0.25) is 5.89 Å². The molecule has 0 spiro atoms. The molecule has 1 aliphatic rings. The van der Waals surface area contributed by atoms with E-state index < -0.39 is 5.91 Å². The summed E-state index contributed by atoms with van der Waals surface area (Å²) in [4.78, 5) is 12.0. The molecule has 0 bridgehead atoms. The van der Waals surface area contributed by atoms with Gasteiger partial charge in [-0.15, -0.1) is 5.10 Å². The van der Waals surface area contributed by atoms with Crippen LogP contribution in [0.5, 0.6) is 5.75 Å². The molecule has 1 aromatic heterocycles. The summed E-state index contributed by atoms with van der Waals surface area (Å²) in [5.41, 5.74) is 0.326. The Morgan fingerprint density at radius 2 is 2.33 bits per heavy atom. The lowest BCUT2D eigenvalue weighted by atomic mass is 10.2. The average molecular weight is 400 g/mol. The fourth-order valence-electron chi connectivity index (χ4n) is 2.14. The van der Waals surface area contributed by atoms with Gasteiger partial charge in [-0.05, 0) is 60.2 Å². The Bertz CT molecular complexity index is 667. The zero-order valence-corrected chi connectivity index (χ0v) is 13.1. The molecular weight excluding hydrogens is 387 g/mol. The van der Waals surface area contributed by atoms with Crippen LogP contribution in [-0.4, -0.2) is 27.8 Å². The lowest BCUT2D eigenvalue weighted by Crippen LogP contribution is -2.13. The first kappa shape index (κ1) is 14.3. The van der Waals surface area contributed by atoms with E-state index in [1.54, 1.807) is 12.1 Å². The molecule has 0 saturated carbocycles. The first-order valence-corrected chi connectivity index (χ1v) is 7.58. The van der Waals surface area contributed by atoms with Gasteiger partial charge in [0.05, 0.1) is 9.61 Å². The van der Waals surface area contributed by atoms with Crippen molar-refractivity contribution in [2.75, 3.05) is 11.9 Å². The minimum absolute atomic E-state index is 0.0572. The van der Waals surface area contributed by atoms with Gasteiger partial charge in [0, 0.05) is 5.56 Å². The summed E-state index contributed by atoms with van der Waals surface area (Å²) in [6.07, 6.45) is 2.01. The topological polar surface area (TPSA) is 100 Å². The summed E-state index contributed by atoms with van der Waals surface area (Å²) in [6.45, 7) is 0.927. The van der Waals surface area contributed by atoms with E-state index in [1.807, 2.05) is 22.6 Å². The monoisotopic (exact) mass is 400 g/mol. The Morgan fingerprint density at radius 1 is 1.48 bits per heavy atom. The molecule has 1 aliphatic heterocycles. The number of phenols is 1. The molecule has 21 heavy (non-hydrogen) atoms. The predicted molar refractivity (Wildman–Crippen MR) is 83.1 cm³/mol. The molecule has 3 rings (SSSR count). The Balaban J connectivity index is 1.70. The van der Waals surface area contributed by atoms with Gasteiger partial charge in [0.1, 0.15) is 5.75 Å². The zero-order valence-electron chi connectivity index (χ0n) is 11.0. The van der Waals surface area contributed by atoms with Crippen molar-refractivity contribution in [3.05, 3.63) is 33.2 Å². The molecule has 1 atom stereocenters. The largest absolute Gasteiger partial charge is 0.507 e. The van der Waals surface area contributed by atoms with E-state index >= 15 is 0 Å². The number of benzene rings is 1. The maximum atomic E-state index is 12.0. The van der Waals surface area contributed by atoms with Crippen LogP contribution in [0.1, 0.15) is 35.1 Å². The highest BCUT2D eigenvalue weighted by Crippen LogP contribution is 2.24. The Labute approximate surface area is 134 Å². The summed E-state index contributed by atoms with van der Waals surface area (Å²) < 4.78 is 6.11. The lowest BCUT2D eigenvalue weighted by Gasteiger charge is -2.04. The first-order valence-electron chi connectivity index (χ1n) is 6.50. The number of aromatic hydroxyl groups is 1. The van der Waals surface area contributed by atoms with E-state index in [0.717, 1.165) is 19.4 Å². The van der Waals surface area contributed by atoms with Gasteiger partial charge < -0.3 is 14.8 Å². The van der Waals surface area contributed by atoms with E-state index in [1.165, 1.54) is 6.07 Å². The maximum absolute atomic E-state index is 12.0.